The highest BCUT2D eigenvalue weighted by Crippen LogP contribution is 2.32. The van der Waals surface area contributed by atoms with Gasteiger partial charge in [0.15, 0.2) is 0 Å². The molecule has 14 heteroatoms. The Morgan fingerprint density at radius 1 is 1.02 bits per heavy atom. The van der Waals surface area contributed by atoms with Crippen molar-refractivity contribution in [2.75, 3.05) is 32.7 Å². The molecule has 0 aliphatic carbocycles. The maximum Gasteiger partial charge on any atom is 0.408 e. The van der Waals surface area contributed by atoms with Crippen LogP contribution in [-0.2, 0) is 14.3 Å². The number of carbonyl (C=O) groups excluding carboxylic acids is 4. The Balaban J connectivity index is 1.20. The van der Waals surface area contributed by atoms with Crippen LogP contribution in [0.1, 0.15) is 50.4 Å². The number of alkyl halides is 2. The van der Waals surface area contributed by atoms with E-state index in [4.69, 9.17) is 9.47 Å². The number of rotatable bonds is 8. The average molecular weight is 677 g/mol. The van der Waals surface area contributed by atoms with Crippen molar-refractivity contribution in [2.45, 2.75) is 63.7 Å². The number of pyridine rings is 1. The number of alkyl carbamates (subject to hydrolysis) is 1. The van der Waals surface area contributed by atoms with Crippen LogP contribution in [0, 0.1) is 11.3 Å². The molecule has 0 radical (unpaired) electrons. The maximum absolute atomic E-state index is 13.8. The number of likely N-dealkylation sites (tertiary alicyclic amines) is 2. The molecule has 3 heterocycles. The summed E-state index contributed by atoms with van der Waals surface area (Å²) in [6, 6.07) is 14.8. The minimum Gasteiger partial charge on any atom is -0.489 e. The Morgan fingerprint density at radius 3 is 2.45 bits per heavy atom. The number of hydrogen-bond donors (Lipinski definition) is 2. The predicted octanol–water partition coefficient (Wildman–Crippen LogP) is 4.29. The van der Waals surface area contributed by atoms with Crippen molar-refractivity contribution in [3.05, 3.63) is 60.3 Å². The first-order valence-electron chi connectivity index (χ1n) is 16.0. The van der Waals surface area contributed by atoms with Crippen molar-refractivity contribution < 1.29 is 37.4 Å². The summed E-state index contributed by atoms with van der Waals surface area (Å²) < 4.78 is 38.9. The van der Waals surface area contributed by atoms with Gasteiger partial charge in [-0.15, -0.1) is 0 Å². The molecule has 2 aliphatic heterocycles. The number of nitrogens with one attached hydrogen (secondary N) is 2. The van der Waals surface area contributed by atoms with Gasteiger partial charge in [0.1, 0.15) is 30.0 Å². The third-order valence-corrected chi connectivity index (χ3v) is 8.13. The van der Waals surface area contributed by atoms with Gasteiger partial charge in [-0.05, 0) is 75.1 Å². The highest BCUT2D eigenvalue weighted by molar-refractivity contribution is 6.07. The summed E-state index contributed by atoms with van der Waals surface area (Å²) >= 11 is 0. The smallest absolute Gasteiger partial charge is 0.408 e. The minimum absolute atomic E-state index is 0.165. The number of benzene rings is 2. The van der Waals surface area contributed by atoms with E-state index in [1.54, 1.807) is 43.9 Å². The van der Waals surface area contributed by atoms with Crippen molar-refractivity contribution in [3.8, 4) is 22.9 Å². The van der Waals surface area contributed by atoms with E-state index >= 15 is 0 Å². The molecular formula is C35H38F2N6O6. The molecular weight excluding hydrogens is 638 g/mol. The Hall–Kier alpha value is -5.32. The number of aromatic nitrogens is 1. The first-order valence-corrected chi connectivity index (χ1v) is 16.0. The van der Waals surface area contributed by atoms with Gasteiger partial charge in [0.2, 0.25) is 11.8 Å². The van der Waals surface area contributed by atoms with E-state index in [1.807, 2.05) is 30.3 Å². The Morgan fingerprint density at radius 2 is 1.73 bits per heavy atom. The van der Waals surface area contributed by atoms with Crippen LogP contribution in [0.3, 0.4) is 0 Å². The van der Waals surface area contributed by atoms with Gasteiger partial charge >= 0.3 is 6.09 Å². The summed E-state index contributed by atoms with van der Waals surface area (Å²) in [5, 5.41) is 14.7. The van der Waals surface area contributed by atoms with Crippen LogP contribution in [0.25, 0.3) is 22.0 Å². The lowest BCUT2D eigenvalue weighted by molar-refractivity contribution is -0.133. The second kappa shape index (κ2) is 14.4. The van der Waals surface area contributed by atoms with Crippen LogP contribution < -0.4 is 15.4 Å². The van der Waals surface area contributed by atoms with Gasteiger partial charge in [-0.2, -0.15) is 5.26 Å². The summed E-state index contributed by atoms with van der Waals surface area (Å²) in [6.45, 7) is 4.64. The summed E-state index contributed by atoms with van der Waals surface area (Å²) in [5.74, 6) is -4.09. The topological polar surface area (TPSA) is 154 Å². The molecule has 0 bridgehead atoms. The Kier molecular flexibility index (Phi) is 10.3. The minimum atomic E-state index is -3.15. The molecule has 2 fully saturated rings. The first kappa shape index (κ1) is 35.0. The molecule has 0 spiro atoms. The molecule has 2 N–H and O–H groups in total. The molecule has 3 aromatic rings. The Bertz CT molecular complexity index is 1770. The van der Waals surface area contributed by atoms with Gasteiger partial charge in [-0.3, -0.25) is 19.4 Å². The summed E-state index contributed by atoms with van der Waals surface area (Å²) in [7, 11) is 0. The summed E-state index contributed by atoms with van der Waals surface area (Å²) in [4.78, 5) is 57.2. The molecule has 2 saturated heterocycles. The quantitative estimate of drug-likeness (QED) is 0.359. The molecule has 2 aliphatic rings. The number of ether oxygens (including phenoxy) is 2. The van der Waals surface area contributed by atoms with Crippen molar-refractivity contribution in [1.82, 2.24) is 25.4 Å². The molecule has 4 amide bonds. The molecule has 2 aromatic carbocycles. The number of amides is 4. The van der Waals surface area contributed by atoms with E-state index in [2.05, 4.69) is 15.6 Å². The van der Waals surface area contributed by atoms with Crippen molar-refractivity contribution >= 4 is 34.7 Å². The van der Waals surface area contributed by atoms with Crippen molar-refractivity contribution in [1.29, 1.82) is 5.26 Å². The first-order chi connectivity index (χ1) is 23.2. The van der Waals surface area contributed by atoms with Crippen LogP contribution >= 0.6 is 0 Å². The molecule has 49 heavy (non-hydrogen) atoms. The molecule has 258 valence electrons. The van der Waals surface area contributed by atoms with Crippen LogP contribution in [0.2, 0.25) is 0 Å². The summed E-state index contributed by atoms with van der Waals surface area (Å²) in [6.07, 6.45) is 1.38. The SMILES string of the molecule is CC(C)(C)OC(=O)NCC(=O)N1CCCC(Oc2ccc(-c3ccc4nccc(C(=O)NCC(=O)N5CC(F)(F)C[C@H]5C#N)c4c3)cc2)C1. The highest BCUT2D eigenvalue weighted by atomic mass is 19.3. The standard InChI is InChI=1S/C35H38F2N6O6/c1-34(2,3)49-33(47)41-18-30(44)42-14-4-5-26(20-42)48-25-9-6-22(7-10-25)23-8-11-29-28(15-23)27(12-13-39-29)32(46)40-19-31(45)43-21-35(36,37)16-24(43)17-38/h6-13,15,24,26H,4-5,14,16,18-21H2,1-3H3,(H,40,46)(H,41,47)/t24-,26?/m0/s1. The van der Waals surface area contributed by atoms with Crippen molar-refractivity contribution in [3.63, 3.8) is 0 Å². The van der Waals surface area contributed by atoms with Crippen LogP contribution in [0.5, 0.6) is 5.75 Å². The second-order valence-corrected chi connectivity index (χ2v) is 13.1. The third-order valence-electron chi connectivity index (χ3n) is 8.13. The van der Waals surface area contributed by atoms with Crippen molar-refractivity contribution in [2.24, 2.45) is 0 Å². The molecule has 0 saturated carbocycles. The zero-order chi connectivity index (χ0) is 35.3. The van der Waals surface area contributed by atoms with Gasteiger partial charge in [-0.1, -0.05) is 18.2 Å². The largest absolute Gasteiger partial charge is 0.489 e. The van der Waals surface area contributed by atoms with Gasteiger partial charge < -0.3 is 29.9 Å². The number of nitriles is 1. The normalized spacial score (nSPS) is 18.8. The fourth-order valence-electron chi connectivity index (χ4n) is 5.82. The molecule has 2 atom stereocenters. The fraction of sp³-hybridized carbons (Fsp3) is 0.429. The molecule has 5 rings (SSSR count). The fourth-order valence-corrected chi connectivity index (χ4v) is 5.82. The number of nitrogens with zero attached hydrogens (tertiary/aromatic N) is 4. The van der Waals surface area contributed by atoms with Gasteiger partial charge in [-0.25, -0.2) is 13.6 Å². The van der Waals surface area contributed by atoms with Crippen LogP contribution in [-0.4, -0.2) is 95.0 Å². The predicted molar refractivity (Wildman–Crippen MR) is 175 cm³/mol. The second-order valence-electron chi connectivity index (χ2n) is 13.1. The van der Waals surface area contributed by atoms with E-state index in [1.165, 1.54) is 12.3 Å². The number of fused-ring (bicyclic) bond motifs is 1. The van der Waals surface area contributed by atoms with Gasteiger partial charge in [0, 0.05) is 24.5 Å². The zero-order valence-corrected chi connectivity index (χ0v) is 27.5. The van der Waals surface area contributed by atoms with E-state index in [9.17, 15) is 33.2 Å². The number of carbonyl (C=O) groups is 4. The Labute approximate surface area is 282 Å². The van der Waals surface area contributed by atoms with Crippen LogP contribution in [0.15, 0.2) is 54.7 Å². The lowest BCUT2D eigenvalue weighted by Crippen LogP contribution is -2.48. The third kappa shape index (κ3) is 8.98. The van der Waals surface area contributed by atoms with E-state index in [0.29, 0.717) is 29.7 Å². The molecule has 12 nitrogen and oxygen atoms in total. The monoisotopic (exact) mass is 676 g/mol. The zero-order valence-electron chi connectivity index (χ0n) is 27.5. The maximum atomic E-state index is 13.8. The summed E-state index contributed by atoms with van der Waals surface area (Å²) in [5.41, 5.74) is 1.77. The van der Waals surface area contributed by atoms with E-state index in [0.717, 1.165) is 28.9 Å². The highest BCUT2D eigenvalue weighted by Gasteiger charge is 2.47. The molecule has 1 aromatic heterocycles. The number of piperidine rings is 1. The van der Waals surface area contributed by atoms with E-state index in [-0.39, 0.29) is 24.1 Å². The number of hydrogen-bond acceptors (Lipinski definition) is 8. The van der Waals surface area contributed by atoms with Gasteiger partial charge in [0.05, 0.1) is 36.8 Å². The molecule has 1 unspecified atom stereocenters. The van der Waals surface area contributed by atoms with Gasteiger partial charge in [0.25, 0.3) is 11.8 Å². The number of halogens is 2. The average Bonchev–Trinajstić information content (AvgIpc) is 3.39. The lowest BCUT2D eigenvalue weighted by Gasteiger charge is -2.33. The lowest BCUT2D eigenvalue weighted by atomic mass is 10.0. The van der Waals surface area contributed by atoms with E-state index < -0.39 is 55.0 Å². The van der Waals surface area contributed by atoms with Crippen LogP contribution in [0.4, 0.5) is 13.6 Å².